The number of benzene rings is 1. The molecule has 1 amide bonds. The van der Waals surface area contributed by atoms with Crippen LogP contribution in [0.15, 0.2) is 48.9 Å². The van der Waals surface area contributed by atoms with Gasteiger partial charge < -0.3 is 5.32 Å². The number of hydrogen-bond donors (Lipinski definition) is 2. The Labute approximate surface area is 143 Å². The SMILES string of the molecule is Cc1cc(C)n2ncc(C(=O)Nc3ccc(-c4cn[nH]c4)cc3)c2n1. The lowest BCUT2D eigenvalue weighted by atomic mass is 10.1. The van der Waals surface area contributed by atoms with Gasteiger partial charge >= 0.3 is 0 Å². The molecule has 0 aliphatic heterocycles. The monoisotopic (exact) mass is 332 g/mol. The van der Waals surface area contributed by atoms with E-state index in [2.05, 4.69) is 25.6 Å². The van der Waals surface area contributed by atoms with Crippen LogP contribution in [0.4, 0.5) is 5.69 Å². The maximum absolute atomic E-state index is 12.6. The number of anilines is 1. The molecular formula is C18H16N6O. The van der Waals surface area contributed by atoms with E-state index in [0.29, 0.717) is 16.9 Å². The van der Waals surface area contributed by atoms with Crippen LogP contribution in [0.25, 0.3) is 16.8 Å². The average Bonchev–Trinajstić information content (AvgIpc) is 3.25. The number of aromatic amines is 1. The lowest BCUT2D eigenvalue weighted by Crippen LogP contribution is -2.12. The van der Waals surface area contributed by atoms with E-state index in [1.165, 1.54) is 0 Å². The largest absolute Gasteiger partial charge is 0.322 e. The molecule has 25 heavy (non-hydrogen) atoms. The number of fused-ring (bicyclic) bond motifs is 1. The van der Waals surface area contributed by atoms with Gasteiger partial charge in [-0.25, -0.2) is 9.50 Å². The quantitative estimate of drug-likeness (QED) is 0.604. The number of hydrogen-bond acceptors (Lipinski definition) is 4. The molecule has 0 spiro atoms. The summed E-state index contributed by atoms with van der Waals surface area (Å²) in [7, 11) is 0. The zero-order valence-corrected chi connectivity index (χ0v) is 13.8. The van der Waals surface area contributed by atoms with Crippen molar-refractivity contribution in [3.05, 3.63) is 65.9 Å². The van der Waals surface area contributed by atoms with Crippen LogP contribution in [-0.2, 0) is 0 Å². The van der Waals surface area contributed by atoms with Gasteiger partial charge in [0.15, 0.2) is 5.65 Å². The van der Waals surface area contributed by atoms with E-state index in [0.717, 1.165) is 22.5 Å². The first-order chi connectivity index (χ1) is 12.1. The summed E-state index contributed by atoms with van der Waals surface area (Å²) in [6, 6.07) is 9.51. The first-order valence-electron chi connectivity index (χ1n) is 7.84. The minimum atomic E-state index is -0.233. The summed E-state index contributed by atoms with van der Waals surface area (Å²) in [6.45, 7) is 3.83. The molecule has 4 rings (SSSR count). The van der Waals surface area contributed by atoms with Crippen molar-refractivity contribution in [2.45, 2.75) is 13.8 Å². The Balaban J connectivity index is 1.60. The summed E-state index contributed by atoms with van der Waals surface area (Å²) in [4.78, 5) is 17.0. The molecule has 2 N–H and O–H groups in total. The van der Waals surface area contributed by atoms with Crippen molar-refractivity contribution in [2.75, 3.05) is 5.32 Å². The fourth-order valence-corrected chi connectivity index (χ4v) is 2.78. The molecule has 0 atom stereocenters. The minimum Gasteiger partial charge on any atom is -0.322 e. The van der Waals surface area contributed by atoms with Gasteiger partial charge in [0.05, 0.1) is 12.4 Å². The molecule has 3 heterocycles. The summed E-state index contributed by atoms with van der Waals surface area (Å²) >= 11 is 0. The number of nitrogens with zero attached hydrogens (tertiary/aromatic N) is 4. The standard InChI is InChI=1S/C18H16N6O/c1-11-7-12(2)24-17(22-11)16(10-21-24)18(25)23-15-5-3-13(4-6-15)14-8-19-20-9-14/h3-10H,1-2H3,(H,19,20)(H,23,25). The first-order valence-corrected chi connectivity index (χ1v) is 7.84. The molecule has 7 nitrogen and oxygen atoms in total. The van der Waals surface area contributed by atoms with Crippen molar-refractivity contribution in [3.63, 3.8) is 0 Å². The highest BCUT2D eigenvalue weighted by Crippen LogP contribution is 2.21. The number of rotatable bonds is 3. The predicted octanol–water partition coefficient (Wildman–Crippen LogP) is 2.99. The zero-order chi connectivity index (χ0) is 17.4. The van der Waals surface area contributed by atoms with Crippen LogP contribution in [0, 0.1) is 13.8 Å². The Morgan fingerprint density at radius 2 is 1.92 bits per heavy atom. The summed E-state index contributed by atoms with van der Waals surface area (Å²) in [6.07, 6.45) is 5.12. The molecule has 1 aromatic carbocycles. The van der Waals surface area contributed by atoms with E-state index in [1.807, 2.05) is 50.4 Å². The number of aryl methyl sites for hydroxylation is 2. The van der Waals surface area contributed by atoms with Crippen LogP contribution in [0.5, 0.6) is 0 Å². The van der Waals surface area contributed by atoms with Crippen LogP contribution < -0.4 is 5.32 Å². The molecule has 0 unspecified atom stereocenters. The lowest BCUT2D eigenvalue weighted by Gasteiger charge is -2.06. The smallest absolute Gasteiger partial charge is 0.261 e. The molecule has 124 valence electrons. The Morgan fingerprint density at radius 1 is 1.12 bits per heavy atom. The van der Waals surface area contributed by atoms with Gasteiger partial charge in [-0.3, -0.25) is 9.89 Å². The molecule has 0 aliphatic carbocycles. The number of aromatic nitrogens is 5. The van der Waals surface area contributed by atoms with Gasteiger partial charge in [-0.15, -0.1) is 0 Å². The highest BCUT2D eigenvalue weighted by Gasteiger charge is 2.15. The van der Waals surface area contributed by atoms with Crippen molar-refractivity contribution in [3.8, 4) is 11.1 Å². The number of nitrogens with one attached hydrogen (secondary N) is 2. The van der Waals surface area contributed by atoms with E-state index >= 15 is 0 Å². The lowest BCUT2D eigenvalue weighted by molar-refractivity contribution is 0.102. The second kappa shape index (κ2) is 5.86. The topological polar surface area (TPSA) is 88.0 Å². The number of carbonyl (C=O) groups is 1. The Bertz CT molecular complexity index is 1050. The number of H-pyrrole nitrogens is 1. The maximum Gasteiger partial charge on any atom is 0.261 e. The molecule has 0 fully saturated rings. The fourth-order valence-electron chi connectivity index (χ4n) is 2.78. The van der Waals surface area contributed by atoms with Gasteiger partial charge in [0, 0.05) is 28.8 Å². The molecule has 0 saturated heterocycles. The van der Waals surface area contributed by atoms with E-state index < -0.39 is 0 Å². The number of amides is 1. The maximum atomic E-state index is 12.6. The van der Waals surface area contributed by atoms with E-state index in [9.17, 15) is 4.79 Å². The van der Waals surface area contributed by atoms with Gasteiger partial charge in [0.2, 0.25) is 0 Å². The van der Waals surface area contributed by atoms with Crippen LogP contribution in [0.1, 0.15) is 21.7 Å². The van der Waals surface area contributed by atoms with Crippen LogP contribution in [0.2, 0.25) is 0 Å². The summed E-state index contributed by atoms with van der Waals surface area (Å²) in [5, 5.41) is 13.9. The third-order valence-electron chi connectivity index (χ3n) is 4.00. The Morgan fingerprint density at radius 3 is 2.64 bits per heavy atom. The summed E-state index contributed by atoms with van der Waals surface area (Å²) in [5.74, 6) is -0.233. The van der Waals surface area contributed by atoms with Crippen molar-refractivity contribution >= 4 is 17.2 Å². The molecule has 7 heteroatoms. The van der Waals surface area contributed by atoms with Crippen LogP contribution in [0.3, 0.4) is 0 Å². The van der Waals surface area contributed by atoms with Crippen molar-refractivity contribution < 1.29 is 4.79 Å². The highest BCUT2D eigenvalue weighted by molar-refractivity contribution is 6.08. The third kappa shape index (κ3) is 2.76. The van der Waals surface area contributed by atoms with Crippen molar-refractivity contribution in [1.82, 2.24) is 24.8 Å². The molecular weight excluding hydrogens is 316 g/mol. The average molecular weight is 332 g/mol. The zero-order valence-electron chi connectivity index (χ0n) is 13.8. The van der Waals surface area contributed by atoms with Crippen molar-refractivity contribution in [2.24, 2.45) is 0 Å². The van der Waals surface area contributed by atoms with Crippen molar-refractivity contribution in [1.29, 1.82) is 0 Å². The van der Waals surface area contributed by atoms with Gasteiger partial charge in [-0.05, 0) is 37.6 Å². The molecule has 0 saturated carbocycles. The second-order valence-electron chi connectivity index (χ2n) is 5.85. The van der Waals surface area contributed by atoms with Crippen LogP contribution in [-0.4, -0.2) is 30.7 Å². The highest BCUT2D eigenvalue weighted by atomic mass is 16.1. The Kier molecular flexibility index (Phi) is 3.53. The van der Waals surface area contributed by atoms with E-state index in [4.69, 9.17) is 0 Å². The molecule has 3 aromatic heterocycles. The molecule has 0 radical (unpaired) electrons. The van der Waals surface area contributed by atoms with Gasteiger partial charge in [-0.2, -0.15) is 10.2 Å². The molecule has 0 aliphatic rings. The first kappa shape index (κ1) is 15.1. The van der Waals surface area contributed by atoms with Gasteiger partial charge in [-0.1, -0.05) is 12.1 Å². The van der Waals surface area contributed by atoms with Gasteiger partial charge in [0.25, 0.3) is 5.91 Å². The minimum absolute atomic E-state index is 0.233. The number of carbonyl (C=O) groups excluding carboxylic acids is 1. The summed E-state index contributed by atoms with van der Waals surface area (Å²) in [5.41, 5.74) is 5.53. The predicted molar refractivity (Wildman–Crippen MR) is 94.4 cm³/mol. The third-order valence-corrected chi connectivity index (χ3v) is 4.00. The molecule has 4 aromatic rings. The second-order valence-corrected chi connectivity index (χ2v) is 5.85. The van der Waals surface area contributed by atoms with E-state index in [1.54, 1.807) is 16.9 Å². The van der Waals surface area contributed by atoms with Gasteiger partial charge in [0.1, 0.15) is 5.56 Å². The fraction of sp³-hybridized carbons (Fsp3) is 0.111. The van der Waals surface area contributed by atoms with Crippen LogP contribution >= 0.6 is 0 Å². The van der Waals surface area contributed by atoms with E-state index in [-0.39, 0.29) is 5.91 Å². The Hall–Kier alpha value is -3.48. The molecule has 0 bridgehead atoms. The summed E-state index contributed by atoms with van der Waals surface area (Å²) < 4.78 is 1.67. The normalized spacial score (nSPS) is 11.0.